The summed E-state index contributed by atoms with van der Waals surface area (Å²) in [5.41, 5.74) is 20.4. The zero-order valence-corrected chi connectivity index (χ0v) is 45.7. The summed E-state index contributed by atoms with van der Waals surface area (Å²) in [6.07, 6.45) is -0.246. The highest BCUT2D eigenvalue weighted by molar-refractivity contribution is 6.31. The van der Waals surface area contributed by atoms with Crippen LogP contribution in [0.4, 0.5) is 11.4 Å². The van der Waals surface area contributed by atoms with Gasteiger partial charge in [0.15, 0.2) is 0 Å². The number of amides is 2. The van der Waals surface area contributed by atoms with Crippen molar-refractivity contribution < 1.29 is 47.5 Å². The van der Waals surface area contributed by atoms with Gasteiger partial charge in [-0.25, -0.2) is 21.7 Å². The van der Waals surface area contributed by atoms with Gasteiger partial charge in [0, 0.05) is 56.8 Å². The highest BCUT2D eigenvalue weighted by Crippen LogP contribution is 2.38. The monoisotopic (exact) mass is 1100 g/mol. The summed E-state index contributed by atoms with van der Waals surface area (Å²) in [5, 5.41) is 7.17. The number of hydrazine groups is 2. The van der Waals surface area contributed by atoms with E-state index in [9.17, 15) is 9.59 Å². The molecule has 4 aromatic carbocycles. The van der Waals surface area contributed by atoms with E-state index in [1.54, 1.807) is 7.11 Å². The molecule has 0 bridgehead atoms. The Morgan fingerprint density at radius 2 is 0.935 bits per heavy atom. The molecule has 0 aromatic heterocycles. The molecule has 4 heterocycles. The number of halogens is 2. The first kappa shape index (κ1) is 57.7. The molecule has 4 aromatic rings. The first-order valence-corrected chi connectivity index (χ1v) is 27.1. The number of aliphatic imine (C=N–C) groups is 2. The van der Waals surface area contributed by atoms with Crippen molar-refractivity contribution in [2.75, 3.05) is 116 Å². The van der Waals surface area contributed by atoms with E-state index in [1.165, 1.54) is 0 Å². The first-order chi connectivity index (χ1) is 37.6. The molecule has 6 atom stereocenters. The van der Waals surface area contributed by atoms with Crippen LogP contribution in [0.5, 0.6) is 11.5 Å². The Hall–Kier alpha value is -5.46. The van der Waals surface area contributed by atoms with Gasteiger partial charge in [0.1, 0.15) is 30.4 Å². The van der Waals surface area contributed by atoms with Crippen LogP contribution in [0, 0.1) is 0 Å². The van der Waals surface area contributed by atoms with Crippen LogP contribution in [0.1, 0.15) is 55.9 Å². The number of nitrogens with zero attached hydrogens (tertiary/aromatic N) is 4. The third-order valence-electron chi connectivity index (χ3n) is 13.2. The Labute approximate surface area is 460 Å². The van der Waals surface area contributed by atoms with Crippen molar-refractivity contribution in [1.29, 1.82) is 0 Å². The van der Waals surface area contributed by atoms with Gasteiger partial charge in [0.05, 0.1) is 135 Å². The maximum Gasteiger partial charge on any atom is 0.222 e. The highest BCUT2D eigenvalue weighted by atomic mass is 35.5. The molecule has 22 heteroatoms. The van der Waals surface area contributed by atoms with E-state index in [0.717, 1.165) is 45.1 Å². The van der Waals surface area contributed by atoms with Crippen molar-refractivity contribution in [3.8, 4) is 11.5 Å². The summed E-state index contributed by atoms with van der Waals surface area (Å²) >= 11 is 12.5. The second-order valence-corrected chi connectivity index (χ2v) is 19.4. The Morgan fingerprint density at radius 1 is 0.532 bits per heavy atom. The molecule has 0 aliphatic carbocycles. The number of hydrogen-bond donors (Lipinski definition) is 6. The number of carbonyl (C=O) groups excluding carboxylic acids is 2. The molecule has 0 spiro atoms. The van der Waals surface area contributed by atoms with Crippen molar-refractivity contribution in [1.82, 2.24) is 32.3 Å². The predicted molar refractivity (Wildman–Crippen MR) is 297 cm³/mol. The van der Waals surface area contributed by atoms with Gasteiger partial charge in [-0.15, -0.1) is 0 Å². The fraction of sp³-hybridized carbons (Fsp3) is 0.491. The highest BCUT2D eigenvalue weighted by Gasteiger charge is 2.42. The Kier molecular flexibility index (Phi) is 22.1. The van der Waals surface area contributed by atoms with E-state index in [0.29, 0.717) is 121 Å². The fourth-order valence-electron chi connectivity index (χ4n) is 9.53. The standard InChI is InChI=1S/C55H72Cl2N10O10/c1-5-58-50(68)34-46-54-64-63-37(3)67(54)49-17-15-43(33-45(49)53(60-46)39-8-12-41(57)13-9-39)77-31-30-76-29-28-75-27-26-74-25-24-73-23-22-72-21-20-71-19-18-59-51(69)35-47-55-65-62-36(2)66(55)48-16-14-42(70-4)32-44(48)52(61-47)38-6-10-40(56)11-7-38/h6-17,32-33,36-37,46-47,54-55,62-65H,5,18-31,34-35H2,1-4H3,(H,58,68)(H,59,69)/t36?,37?,46-,47-,54?,55?/m0/s1. The minimum Gasteiger partial charge on any atom is -0.497 e. The van der Waals surface area contributed by atoms with E-state index in [1.807, 2.05) is 91.9 Å². The van der Waals surface area contributed by atoms with E-state index in [4.69, 9.17) is 71.1 Å². The smallest absolute Gasteiger partial charge is 0.222 e. The number of rotatable bonds is 30. The molecular formula is C55H72Cl2N10O10. The van der Waals surface area contributed by atoms with Crippen LogP contribution in [0.25, 0.3) is 0 Å². The van der Waals surface area contributed by atoms with Crippen LogP contribution >= 0.6 is 23.2 Å². The van der Waals surface area contributed by atoms with Gasteiger partial charge in [-0.2, -0.15) is 0 Å². The minimum absolute atomic E-state index is 0.0530. The lowest BCUT2D eigenvalue weighted by Crippen LogP contribution is -2.48. The van der Waals surface area contributed by atoms with E-state index in [2.05, 4.69) is 56.0 Å². The molecule has 2 amide bonds. The first-order valence-electron chi connectivity index (χ1n) is 26.3. The summed E-state index contributed by atoms with van der Waals surface area (Å²) in [5.74, 6) is 1.20. The average Bonchev–Trinajstić information content (AvgIpc) is 3.98. The van der Waals surface area contributed by atoms with Gasteiger partial charge < -0.3 is 58.3 Å². The number of nitrogens with one attached hydrogen (secondary N) is 6. The SMILES string of the molecule is CCNC(=O)C[C@@H]1N=C(c2ccc(Cl)cc2)c2cc(OCCOCCOCCOCCOCCOCCOCCNC(=O)C[C@@H]3N=C(c4ccc(Cl)cc4)c4cc(OC)ccc4N4C(C)NNC34)ccc2N2C(C)NNC12. The van der Waals surface area contributed by atoms with Crippen LogP contribution in [-0.4, -0.2) is 166 Å². The average molecular weight is 1100 g/mol. The van der Waals surface area contributed by atoms with E-state index in [-0.39, 0.29) is 55.4 Å². The zero-order valence-electron chi connectivity index (χ0n) is 44.2. The van der Waals surface area contributed by atoms with Gasteiger partial charge >= 0.3 is 0 Å². The molecule has 4 aliphatic heterocycles. The van der Waals surface area contributed by atoms with Crippen molar-refractivity contribution in [3.63, 3.8) is 0 Å². The Bertz CT molecular complexity index is 2600. The van der Waals surface area contributed by atoms with Crippen LogP contribution in [0.2, 0.25) is 10.0 Å². The molecular weight excluding hydrogens is 1030 g/mol. The number of benzene rings is 4. The summed E-state index contributed by atoms with van der Waals surface area (Å²) < 4.78 is 45.8. The fourth-order valence-corrected chi connectivity index (χ4v) is 9.79. The zero-order chi connectivity index (χ0) is 53.9. The topological polar surface area (TPSA) is 211 Å². The van der Waals surface area contributed by atoms with Crippen LogP contribution in [0.15, 0.2) is 94.9 Å². The quantitative estimate of drug-likeness (QED) is 0.0387. The van der Waals surface area contributed by atoms with Gasteiger partial charge in [-0.1, -0.05) is 47.5 Å². The predicted octanol–water partition coefficient (Wildman–Crippen LogP) is 4.82. The summed E-state index contributed by atoms with van der Waals surface area (Å²) in [6, 6.07) is 26.3. The van der Waals surface area contributed by atoms with Gasteiger partial charge in [-0.05, 0) is 81.4 Å². The molecule has 20 nitrogen and oxygen atoms in total. The van der Waals surface area contributed by atoms with Gasteiger partial charge in [-0.3, -0.25) is 19.6 Å². The van der Waals surface area contributed by atoms with Gasteiger partial charge in [0.25, 0.3) is 0 Å². The maximum absolute atomic E-state index is 13.3. The molecule has 8 rings (SSSR count). The minimum atomic E-state index is -0.415. The number of methoxy groups -OCH3 is 1. The molecule has 4 unspecified atom stereocenters. The van der Waals surface area contributed by atoms with E-state index < -0.39 is 6.04 Å². The normalized spacial score (nSPS) is 20.5. The molecule has 2 saturated heterocycles. The number of anilines is 2. The van der Waals surface area contributed by atoms with Crippen molar-refractivity contribution in [2.45, 2.75) is 70.4 Å². The summed E-state index contributed by atoms with van der Waals surface area (Å²) in [4.78, 5) is 41.0. The lowest BCUT2D eigenvalue weighted by molar-refractivity contribution is -0.122. The lowest BCUT2D eigenvalue weighted by Gasteiger charge is -2.31. The number of ether oxygens (including phenoxy) is 8. The molecule has 416 valence electrons. The molecule has 2 fully saturated rings. The van der Waals surface area contributed by atoms with Crippen LogP contribution in [-0.2, 0) is 38.0 Å². The summed E-state index contributed by atoms with van der Waals surface area (Å²) in [7, 11) is 1.64. The molecule has 0 radical (unpaired) electrons. The molecule has 6 N–H and O–H groups in total. The van der Waals surface area contributed by atoms with Crippen molar-refractivity contribution >= 4 is 57.8 Å². The largest absolute Gasteiger partial charge is 0.497 e. The number of hydrogen-bond acceptors (Lipinski definition) is 18. The number of fused-ring (bicyclic) bond motifs is 6. The van der Waals surface area contributed by atoms with Crippen LogP contribution in [0.3, 0.4) is 0 Å². The van der Waals surface area contributed by atoms with Crippen LogP contribution < -0.4 is 51.6 Å². The Balaban J connectivity index is 0.644. The molecule has 4 aliphatic rings. The van der Waals surface area contributed by atoms with Crippen molar-refractivity contribution in [2.24, 2.45) is 9.98 Å². The number of carbonyl (C=O) groups is 2. The second-order valence-electron chi connectivity index (χ2n) is 18.5. The van der Waals surface area contributed by atoms with Gasteiger partial charge in [0.2, 0.25) is 11.8 Å². The summed E-state index contributed by atoms with van der Waals surface area (Å²) in [6.45, 7) is 12.3. The lowest BCUT2D eigenvalue weighted by atomic mass is 9.99. The van der Waals surface area contributed by atoms with E-state index >= 15 is 0 Å². The third-order valence-corrected chi connectivity index (χ3v) is 13.7. The third kappa shape index (κ3) is 15.9. The van der Waals surface area contributed by atoms with Crippen molar-refractivity contribution in [3.05, 3.63) is 117 Å². The Morgan fingerprint density at radius 3 is 1.38 bits per heavy atom. The molecule has 77 heavy (non-hydrogen) atoms. The molecule has 0 saturated carbocycles. The maximum atomic E-state index is 13.3. The second kappa shape index (κ2) is 29.5.